The van der Waals surface area contributed by atoms with E-state index in [0.29, 0.717) is 11.5 Å². The van der Waals surface area contributed by atoms with Crippen molar-refractivity contribution in [2.75, 3.05) is 18.9 Å². The molecule has 0 aromatic heterocycles. The van der Waals surface area contributed by atoms with Gasteiger partial charge in [0.15, 0.2) is 0 Å². The van der Waals surface area contributed by atoms with Crippen molar-refractivity contribution < 1.29 is 27.1 Å². The number of anilines is 1. The van der Waals surface area contributed by atoms with Gasteiger partial charge in [-0.25, -0.2) is 12.8 Å². The van der Waals surface area contributed by atoms with E-state index in [0.717, 1.165) is 11.6 Å². The molecule has 32 heavy (non-hydrogen) atoms. The van der Waals surface area contributed by atoms with Crippen LogP contribution in [0.4, 0.5) is 10.1 Å². The van der Waals surface area contributed by atoms with E-state index in [-0.39, 0.29) is 16.1 Å². The Hall–Kier alpha value is -3.59. The summed E-state index contributed by atoms with van der Waals surface area (Å²) in [5, 5.41) is 2.83. The van der Waals surface area contributed by atoms with Gasteiger partial charge in [-0.3, -0.25) is 9.52 Å². The van der Waals surface area contributed by atoms with Gasteiger partial charge < -0.3 is 14.8 Å². The summed E-state index contributed by atoms with van der Waals surface area (Å²) in [6.45, 7) is 1.78. The van der Waals surface area contributed by atoms with Gasteiger partial charge >= 0.3 is 0 Å². The topological polar surface area (TPSA) is 93.7 Å². The molecule has 2 N–H and O–H groups in total. The molecule has 3 rings (SSSR count). The average Bonchev–Trinajstić information content (AvgIpc) is 2.80. The summed E-state index contributed by atoms with van der Waals surface area (Å²) in [7, 11) is -1.03. The van der Waals surface area contributed by atoms with Crippen molar-refractivity contribution in [2.45, 2.75) is 17.9 Å². The minimum Gasteiger partial charge on any atom is -0.497 e. The average molecular weight is 459 g/mol. The molecule has 0 fully saturated rings. The number of para-hydroxylation sites is 1. The highest BCUT2D eigenvalue weighted by Crippen LogP contribution is 2.29. The van der Waals surface area contributed by atoms with E-state index in [4.69, 9.17) is 9.47 Å². The van der Waals surface area contributed by atoms with Gasteiger partial charge in [0.2, 0.25) is 0 Å². The number of hydrogen-bond donors (Lipinski definition) is 2. The van der Waals surface area contributed by atoms with Crippen LogP contribution in [0.2, 0.25) is 0 Å². The maximum atomic E-state index is 13.8. The third kappa shape index (κ3) is 5.17. The summed E-state index contributed by atoms with van der Waals surface area (Å²) in [6, 6.07) is 15.7. The number of rotatable bonds is 8. The van der Waals surface area contributed by atoms with Crippen molar-refractivity contribution in [2.24, 2.45) is 0 Å². The van der Waals surface area contributed by atoms with Gasteiger partial charge in [0.05, 0.1) is 30.8 Å². The summed E-state index contributed by atoms with van der Waals surface area (Å²) >= 11 is 0. The molecule has 3 aromatic rings. The Bertz CT molecular complexity index is 1230. The second-order valence-corrected chi connectivity index (χ2v) is 8.60. The fourth-order valence-corrected chi connectivity index (χ4v) is 4.20. The molecule has 1 unspecified atom stereocenters. The number of ether oxygens (including phenoxy) is 2. The highest BCUT2D eigenvalue weighted by Gasteiger charge is 2.20. The third-order valence-corrected chi connectivity index (χ3v) is 6.14. The van der Waals surface area contributed by atoms with Gasteiger partial charge in [0.25, 0.3) is 15.9 Å². The Morgan fingerprint density at radius 2 is 1.72 bits per heavy atom. The van der Waals surface area contributed by atoms with E-state index < -0.39 is 27.8 Å². The highest BCUT2D eigenvalue weighted by atomic mass is 32.2. The summed E-state index contributed by atoms with van der Waals surface area (Å²) in [6.07, 6.45) is 0. The normalized spacial score (nSPS) is 12.0. The molecule has 0 aliphatic carbocycles. The minimum absolute atomic E-state index is 0.140. The number of nitrogens with one attached hydrogen (secondary N) is 2. The fraction of sp³-hybridized carbons (Fsp3) is 0.174. The Morgan fingerprint density at radius 3 is 2.41 bits per heavy atom. The number of amides is 1. The molecule has 0 aliphatic heterocycles. The lowest BCUT2D eigenvalue weighted by atomic mass is 10.1. The lowest BCUT2D eigenvalue weighted by Crippen LogP contribution is -2.27. The van der Waals surface area contributed by atoms with Crippen LogP contribution in [-0.4, -0.2) is 28.5 Å². The van der Waals surface area contributed by atoms with E-state index in [2.05, 4.69) is 10.0 Å². The molecule has 0 aliphatic rings. The Morgan fingerprint density at radius 1 is 0.969 bits per heavy atom. The first-order chi connectivity index (χ1) is 15.2. The van der Waals surface area contributed by atoms with Crippen LogP contribution in [0.3, 0.4) is 0 Å². The van der Waals surface area contributed by atoms with E-state index in [1.54, 1.807) is 32.2 Å². The predicted octanol–water partition coefficient (Wildman–Crippen LogP) is 4.13. The molecule has 0 heterocycles. The number of sulfonamides is 1. The molecular weight excluding hydrogens is 435 g/mol. The van der Waals surface area contributed by atoms with E-state index >= 15 is 0 Å². The molecule has 0 spiro atoms. The van der Waals surface area contributed by atoms with Crippen LogP contribution in [0.5, 0.6) is 11.5 Å². The van der Waals surface area contributed by atoms with E-state index in [1.807, 2.05) is 0 Å². The van der Waals surface area contributed by atoms with Crippen molar-refractivity contribution in [3.63, 3.8) is 0 Å². The van der Waals surface area contributed by atoms with Crippen LogP contribution in [-0.2, 0) is 10.0 Å². The quantitative estimate of drug-likeness (QED) is 0.529. The van der Waals surface area contributed by atoms with Crippen molar-refractivity contribution >= 4 is 21.6 Å². The molecule has 0 saturated carbocycles. The zero-order chi connectivity index (χ0) is 23.3. The van der Waals surface area contributed by atoms with Gasteiger partial charge in [0.1, 0.15) is 17.3 Å². The van der Waals surface area contributed by atoms with Crippen molar-refractivity contribution in [3.05, 3.63) is 83.7 Å². The van der Waals surface area contributed by atoms with E-state index in [1.165, 1.54) is 49.6 Å². The van der Waals surface area contributed by atoms with Gasteiger partial charge in [0, 0.05) is 17.2 Å². The van der Waals surface area contributed by atoms with Gasteiger partial charge in [-0.05, 0) is 49.4 Å². The maximum absolute atomic E-state index is 13.8. The standard InChI is InChI=1S/C23H23FN2O5S/c1-15(19-12-11-17(30-2)14-22(19)31-3)25-23(27)16-7-6-8-18(13-16)32(28,29)26-21-10-5-4-9-20(21)24/h4-15,26H,1-3H3,(H,25,27). The molecule has 7 nitrogen and oxygen atoms in total. The SMILES string of the molecule is COc1ccc(C(C)NC(=O)c2cccc(S(=O)(=O)Nc3ccccc3F)c2)c(OC)c1. The molecular formula is C23H23FN2O5S. The third-order valence-electron chi connectivity index (χ3n) is 4.78. The molecule has 1 amide bonds. The summed E-state index contributed by atoms with van der Waals surface area (Å²) in [4.78, 5) is 12.6. The van der Waals surface area contributed by atoms with Crippen LogP contribution in [0.1, 0.15) is 28.9 Å². The number of carbonyl (C=O) groups is 1. The summed E-state index contributed by atoms with van der Waals surface area (Å²) < 4.78 is 52.0. The van der Waals surface area contributed by atoms with Crippen LogP contribution >= 0.6 is 0 Å². The first kappa shape index (κ1) is 23.1. The Balaban J connectivity index is 1.80. The smallest absolute Gasteiger partial charge is 0.262 e. The summed E-state index contributed by atoms with van der Waals surface area (Å²) in [5.41, 5.74) is 0.690. The van der Waals surface area contributed by atoms with Crippen LogP contribution in [0.15, 0.2) is 71.6 Å². The Kier molecular flexibility index (Phi) is 6.99. The van der Waals surface area contributed by atoms with Crippen molar-refractivity contribution in [1.29, 1.82) is 0 Å². The molecule has 9 heteroatoms. The minimum atomic E-state index is -4.09. The van der Waals surface area contributed by atoms with Crippen molar-refractivity contribution in [1.82, 2.24) is 5.32 Å². The number of halogens is 1. The van der Waals surface area contributed by atoms with Gasteiger partial charge in [-0.2, -0.15) is 0 Å². The predicted molar refractivity (Wildman–Crippen MR) is 119 cm³/mol. The second kappa shape index (κ2) is 9.69. The van der Waals surface area contributed by atoms with Crippen LogP contribution < -0.4 is 19.5 Å². The largest absolute Gasteiger partial charge is 0.497 e. The lowest BCUT2D eigenvalue weighted by Gasteiger charge is -2.18. The lowest BCUT2D eigenvalue weighted by molar-refractivity contribution is 0.0939. The summed E-state index contributed by atoms with van der Waals surface area (Å²) in [5.74, 6) is -0.0162. The second-order valence-electron chi connectivity index (χ2n) is 6.92. The van der Waals surface area contributed by atoms with Crippen LogP contribution in [0.25, 0.3) is 0 Å². The molecule has 168 valence electrons. The number of carbonyl (C=O) groups excluding carboxylic acids is 1. The zero-order valence-electron chi connectivity index (χ0n) is 17.8. The van der Waals surface area contributed by atoms with Gasteiger partial charge in [-0.15, -0.1) is 0 Å². The molecule has 0 radical (unpaired) electrons. The van der Waals surface area contributed by atoms with Crippen molar-refractivity contribution in [3.8, 4) is 11.5 Å². The number of methoxy groups -OCH3 is 2. The van der Waals surface area contributed by atoms with E-state index in [9.17, 15) is 17.6 Å². The monoisotopic (exact) mass is 458 g/mol. The Labute approximate surface area is 186 Å². The number of hydrogen-bond acceptors (Lipinski definition) is 5. The highest BCUT2D eigenvalue weighted by molar-refractivity contribution is 7.92. The van der Waals surface area contributed by atoms with Crippen LogP contribution in [0, 0.1) is 5.82 Å². The molecule has 0 saturated heterocycles. The zero-order valence-corrected chi connectivity index (χ0v) is 18.6. The first-order valence-corrected chi connectivity index (χ1v) is 11.1. The maximum Gasteiger partial charge on any atom is 0.262 e. The number of benzene rings is 3. The molecule has 0 bridgehead atoms. The van der Waals surface area contributed by atoms with Gasteiger partial charge in [-0.1, -0.05) is 18.2 Å². The molecule has 1 atom stereocenters. The first-order valence-electron chi connectivity index (χ1n) is 9.65. The molecule has 3 aromatic carbocycles. The fourth-order valence-electron chi connectivity index (χ4n) is 3.09.